The molecule has 1 N–H and O–H groups in total. The highest BCUT2D eigenvalue weighted by atomic mass is 16.3. The number of allylic oxidation sites excluding steroid dienone is 3. The van der Waals surface area contributed by atoms with Crippen molar-refractivity contribution in [1.29, 1.82) is 0 Å². The molecule has 64 valence electrons. The third kappa shape index (κ3) is 3.99. The lowest BCUT2D eigenvalue weighted by Gasteiger charge is -2.14. The molecule has 0 aliphatic carbocycles. The van der Waals surface area contributed by atoms with Crippen LogP contribution in [0.15, 0.2) is 23.8 Å². The average Bonchev–Trinajstić information content (AvgIpc) is 1.98. The van der Waals surface area contributed by atoms with Crippen LogP contribution in [0.2, 0.25) is 0 Å². The Morgan fingerprint density at radius 2 is 1.91 bits per heavy atom. The molecule has 0 saturated heterocycles. The van der Waals surface area contributed by atoms with Crippen LogP contribution < -0.4 is 0 Å². The molecule has 0 aliphatic rings. The van der Waals surface area contributed by atoms with Gasteiger partial charge in [-0.2, -0.15) is 0 Å². The topological polar surface area (TPSA) is 20.2 Å². The Bertz CT molecular complexity index is 154. The summed E-state index contributed by atoms with van der Waals surface area (Å²) in [6.07, 6.45) is 5.76. The number of aliphatic hydroxyl groups excluding tert-OH is 1. The SMILES string of the molecule is C/C=C/C=C(\C)C(C)C(C)O. The maximum atomic E-state index is 9.23. The van der Waals surface area contributed by atoms with Crippen LogP contribution in [0.3, 0.4) is 0 Å². The van der Waals surface area contributed by atoms with E-state index in [1.807, 2.05) is 45.9 Å². The van der Waals surface area contributed by atoms with Crippen molar-refractivity contribution in [3.05, 3.63) is 23.8 Å². The first-order valence-electron chi connectivity index (χ1n) is 4.07. The minimum atomic E-state index is -0.253. The van der Waals surface area contributed by atoms with Gasteiger partial charge < -0.3 is 5.11 Å². The highest BCUT2D eigenvalue weighted by molar-refractivity contribution is 5.12. The molecule has 0 aromatic rings. The minimum absolute atomic E-state index is 0.253. The smallest absolute Gasteiger partial charge is 0.0574 e. The van der Waals surface area contributed by atoms with Crippen molar-refractivity contribution in [1.82, 2.24) is 0 Å². The Morgan fingerprint density at radius 1 is 1.36 bits per heavy atom. The molecule has 0 fully saturated rings. The maximum absolute atomic E-state index is 9.23. The number of rotatable bonds is 3. The molecule has 2 unspecified atom stereocenters. The van der Waals surface area contributed by atoms with Gasteiger partial charge in [-0.1, -0.05) is 30.7 Å². The zero-order chi connectivity index (χ0) is 8.85. The molecule has 0 amide bonds. The van der Waals surface area contributed by atoms with Gasteiger partial charge in [-0.25, -0.2) is 0 Å². The summed E-state index contributed by atoms with van der Waals surface area (Å²) >= 11 is 0. The second-order valence-electron chi connectivity index (χ2n) is 2.97. The highest BCUT2D eigenvalue weighted by Gasteiger charge is 2.08. The summed E-state index contributed by atoms with van der Waals surface area (Å²) in [6.45, 7) is 7.87. The third-order valence-corrected chi connectivity index (χ3v) is 1.99. The van der Waals surface area contributed by atoms with Gasteiger partial charge in [0.1, 0.15) is 0 Å². The molecule has 0 radical (unpaired) electrons. The van der Waals surface area contributed by atoms with Gasteiger partial charge in [-0.05, 0) is 20.8 Å². The minimum Gasteiger partial charge on any atom is -0.393 e. The van der Waals surface area contributed by atoms with E-state index < -0.39 is 0 Å². The van der Waals surface area contributed by atoms with E-state index in [-0.39, 0.29) is 12.0 Å². The van der Waals surface area contributed by atoms with Crippen molar-refractivity contribution < 1.29 is 5.11 Å². The Balaban J connectivity index is 4.11. The lowest BCUT2D eigenvalue weighted by molar-refractivity contribution is 0.152. The first-order valence-corrected chi connectivity index (χ1v) is 4.07. The Hall–Kier alpha value is -0.560. The fourth-order valence-corrected chi connectivity index (χ4v) is 0.780. The fraction of sp³-hybridized carbons (Fsp3) is 0.600. The summed E-state index contributed by atoms with van der Waals surface area (Å²) < 4.78 is 0. The predicted octanol–water partition coefficient (Wildman–Crippen LogP) is 2.53. The second kappa shape index (κ2) is 5.14. The zero-order valence-electron chi connectivity index (χ0n) is 7.83. The first-order chi connectivity index (χ1) is 5.09. The Kier molecular flexibility index (Phi) is 4.88. The molecule has 2 atom stereocenters. The van der Waals surface area contributed by atoms with E-state index in [0.29, 0.717) is 0 Å². The van der Waals surface area contributed by atoms with Gasteiger partial charge in [0.05, 0.1) is 6.10 Å². The van der Waals surface area contributed by atoms with Gasteiger partial charge in [0.25, 0.3) is 0 Å². The Labute approximate surface area is 69.4 Å². The van der Waals surface area contributed by atoms with E-state index in [1.165, 1.54) is 5.57 Å². The molecule has 11 heavy (non-hydrogen) atoms. The molecular weight excluding hydrogens is 136 g/mol. The van der Waals surface area contributed by atoms with E-state index in [2.05, 4.69) is 0 Å². The largest absolute Gasteiger partial charge is 0.393 e. The summed E-state index contributed by atoms with van der Waals surface area (Å²) in [4.78, 5) is 0. The van der Waals surface area contributed by atoms with Crippen LogP contribution in [0.5, 0.6) is 0 Å². The van der Waals surface area contributed by atoms with Crippen LogP contribution in [-0.2, 0) is 0 Å². The normalized spacial score (nSPS) is 18.8. The molecule has 0 spiro atoms. The molecule has 1 nitrogen and oxygen atoms in total. The van der Waals surface area contributed by atoms with Gasteiger partial charge >= 0.3 is 0 Å². The third-order valence-electron chi connectivity index (χ3n) is 1.99. The molecule has 0 saturated carbocycles. The summed E-state index contributed by atoms with van der Waals surface area (Å²) in [7, 11) is 0. The van der Waals surface area contributed by atoms with Crippen molar-refractivity contribution in [2.45, 2.75) is 33.8 Å². The summed E-state index contributed by atoms with van der Waals surface area (Å²) in [6, 6.07) is 0. The molecule has 0 heterocycles. The molecule has 0 aromatic carbocycles. The van der Waals surface area contributed by atoms with E-state index in [9.17, 15) is 5.11 Å². The molecule has 0 bridgehead atoms. The quantitative estimate of drug-likeness (QED) is 0.619. The zero-order valence-corrected chi connectivity index (χ0v) is 7.83. The predicted molar refractivity (Wildman–Crippen MR) is 49.4 cm³/mol. The van der Waals surface area contributed by atoms with Crippen LogP contribution in [0.1, 0.15) is 27.7 Å². The standard InChI is InChI=1S/C10H18O/c1-5-6-7-8(2)9(3)10(4)11/h5-7,9-11H,1-4H3/b6-5+,8-7+. The number of hydrogen-bond donors (Lipinski definition) is 1. The lowest BCUT2D eigenvalue weighted by Crippen LogP contribution is -2.13. The van der Waals surface area contributed by atoms with E-state index in [4.69, 9.17) is 0 Å². The molecule has 0 rings (SSSR count). The van der Waals surface area contributed by atoms with Crippen LogP contribution in [0, 0.1) is 5.92 Å². The van der Waals surface area contributed by atoms with Crippen LogP contribution in [-0.4, -0.2) is 11.2 Å². The van der Waals surface area contributed by atoms with Gasteiger partial charge in [-0.15, -0.1) is 0 Å². The van der Waals surface area contributed by atoms with E-state index in [1.54, 1.807) is 0 Å². The summed E-state index contributed by atoms with van der Waals surface area (Å²) in [5.74, 6) is 0.256. The van der Waals surface area contributed by atoms with Crippen molar-refractivity contribution in [2.24, 2.45) is 5.92 Å². The van der Waals surface area contributed by atoms with Crippen LogP contribution in [0.25, 0.3) is 0 Å². The van der Waals surface area contributed by atoms with Gasteiger partial charge in [-0.3, -0.25) is 0 Å². The monoisotopic (exact) mass is 154 g/mol. The number of hydrogen-bond acceptors (Lipinski definition) is 1. The van der Waals surface area contributed by atoms with Gasteiger partial charge in [0.2, 0.25) is 0 Å². The van der Waals surface area contributed by atoms with Crippen LogP contribution >= 0.6 is 0 Å². The van der Waals surface area contributed by atoms with Crippen LogP contribution in [0.4, 0.5) is 0 Å². The highest BCUT2D eigenvalue weighted by Crippen LogP contribution is 2.13. The fourth-order valence-electron chi connectivity index (χ4n) is 0.780. The molecular formula is C10H18O. The molecule has 0 aromatic heterocycles. The second-order valence-corrected chi connectivity index (χ2v) is 2.97. The molecule has 1 heteroatoms. The average molecular weight is 154 g/mol. The maximum Gasteiger partial charge on any atom is 0.0574 e. The number of aliphatic hydroxyl groups is 1. The summed E-state index contributed by atoms with van der Waals surface area (Å²) in [5, 5.41) is 9.23. The lowest BCUT2D eigenvalue weighted by atomic mass is 9.97. The van der Waals surface area contributed by atoms with E-state index >= 15 is 0 Å². The van der Waals surface area contributed by atoms with Crippen molar-refractivity contribution in [3.63, 3.8) is 0 Å². The molecule has 0 aliphatic heterocycles. The van der Waals surface area contributed by atoms with Crippen molar-refractivity contribution in [3.8, 4) is 0 Å². The van der Waals surface area contributed by atoms with Gasteiger partial charge in [0, 0.05) is 5.92 Å². The van der Waals surface area contributed by atoms with Crippen molar-refractivity contribution in [2.75, 3.05) is 0 Å². The first kappa shape index (κ1) is 10.4. The van der Waals surface area contributed by atoms with Gasteiger partial charge in [0.15, 0.2) is 0 Å². The van der Waals surface area contributed by atoms with E-state index in [0.717, 1.165) is 0 Å². The van der Waals surface area contributed by atoms with Crippen molar-refractivity contribution >= 4 is 0 Å². The summed E-state index contributed by atoms with van der Waals surface area (Å²) in [5.41, 5.74) is 1.22. The Morgan fingerprint density at radius 3 is 2.27 bits per heavy atom.